The molecule has 34 heavy (non-hydrogen) atoms. The number of amidine groups is 1. The van der Waals surface area contributed by atoms with Gasteiger partial charge in [0.1, 0.15) is 0 Å². The van der Waals surface area contributed by atoms with Gasteiger partial charge in [0, 0.05) is 44.5 Å². The van der Waals surface area contributed by atoms with Gasteiger partial charge in [-0.3, -0.25) is 14.5 Å². The normalized spacial score (nSPS) is 19.3. The van der Waals surface area contributed by atoms with Gasteiger partial charge in [-0.1, -0.05) is 30.3 Å². The van der Waals surface area contributed by atoms with E-state index in [0.717, 1.165) is 44.0 Å². The van der Waals surface area contributed by atoms with Gasteiger partial charge in [0.15, 0.2) is 11.0 Å². The highest BCUT2D eigenvalue weighted by Crippen LogP contribution is 2.36. The molecule has 0 aromatic heterocycles. The first-order valence-electron chi connectivity index (χ1n) is 11.6. The zero-order valence-corrected chi connectivity index (χ0v) is 20.8. The second kappa shape index (κ2) is 10.9. The highest BCUT2D eigenvalue weighted by atomic mass is 32.2. The Balaban J connectivity index is 1.70. The molecule has 178 valence electrons. The molecule has 0 aliphatic carbocycles. The summed E-state index contributed by atoms with van der Waals surface area (Å²) in [6.07, 6.45) is 1.98. The van der Waals surface area contributed by atoms with Gasteiger partial charge in [-0.05, 0) is 56.4 Å². The number of benzene rings is 2. The number of ketones is 1. The topological polar surface area (TPSA) is 68.2 Å². The molecule has 2 aromatic carbocycles. The van der Waals surface area contributed by atoms with Gasteiger partial charge in [-0.15, -0.1) is 0 Å². The van der Waals surface area contributed by atoms with Crippen LogP contribution >= 0.6 is 11.8 Å². The van der Waals surface area contributed by atoms with Crippen molar-refractivity contribution in [2.45, 2.75) is 20.4 Å². The lowest BCUT2D eigenvalue weighted by Crippen LogP contribution is -2.42. The first-order valence-corrected chi connectivity index (χ1v) is 12.4. The van der Waals surface area contributed by atoms with Gasteiger partial charge >= 0.3 is 0 Å². The zero-order chi connectivity index (χ0) is 24.1. The summed E-state index contributed by atoms with van der Waals surface area (Å²) < 4.78 is 0. The van der Waals surface area contributed by atoms with Crippen molar-refractivity contribution in [2.75, 3.05) is 45.1 Å². The van der Waals surface area contributed by atoms with Crippen LogP contribution < -0.4 is 5.32 Å². The van der Waals surface area contributed by atoms with Crippen molar-refractivity contribution in [3.63, 3.8) is 0 Å². The number of aliphatic imine (C=N–C) groups is 1. The molecule has 2 saturated heterocycles. The Morgan fingerprint density at radius 1 is 1.12 bits per heavy atom. The van der Waals surface area contributed by atoms with Gasteiger partial charge in [0.25, 0.3) is 5.91 Å². The Kier molecular flexibility index (Phi) is 7.70. The van der Waals surface area contributed by atoms with E-state index in [1.165, 1.54) is 11.8 Å². The minimum Gasteiger partial charge on any atom is -0.384 e. The van der Waals surface area contributed by atoms with Gasteiger partial charge in [0.2, 0.25) is 0 Å². The Bertz CT molecular complexity index is 1110. The third-order valence-corrected chi connectivity index (χ3v) is 6.89. The fourth-order valence-electron chi connectivity index (χ4n) is 3.89. The number of Topliss-reactive ketones (excluding diaryl/α,β-unsaturated/α-hetero) is 1. The summed E-state index contributed by atoms with van der Waals surface area (Å²) in [6, 6.07) is 15.4. The zero-order valence-electron chi connectivity index (χ0n) is 20.0. The summed E-state index contributed by atoms with van der Waals surface area (Å²) in [5.74, 6) is -0.0595. The number of anilines is 1. The van der Waals surface area contributed by atoms with Crippen LogP contribution in [-0.4, -0.2) is 71.3 Å². The highest BCUT2D eigenvalue weighted by Gasteiger charge is 2.34. The molecule has 0 atom stereocenters. The molecule has 2 aromatic rings. The van der Waals surface area contributed by atoms with Crippen LogP contribution in [0.5, 0.6) is 0 Å². The van der Waals surface area contributed by atoms with Crippen LogP contribution in [-0.2, 0) is 11.3 Å². The number of thioether (sulfide) groups is 1. The van der Waals surface area contributed by atoms with Crippen molar-refractivity contribution < 1.29 is 9.59 Å². The molecular weight excluding hydrogens is 446 g/mol. The van der Waals surface area contributed by atoms with E-state index in [4.69, 9.17) is 4.99 Å². The molecule has 0 bridgehead atoms. The third kappa shape index (κ3) is 5.69. The van der Waals surface area contributed by atoms with E-state index in [1.807, 2.05) is 49.5 Å². The molecule has 2 aliphatic rings. The lowest BCUT2D eigenvalue weighted by Gasteiger charge is -2.31. The Labute approximate surface area is 205 Å². The molecular formula is C26H31N5O2S. The van der Waals surface area contributed by atoms with Gasteiger partial charge in [-0.25, -0.2) is 4.99 Å². The fraction of sp³-hybridized carbons (Fsp3) is 0.346. The highest BCUT2D eigenvalue weighted by molar-refractivity contribution is 8.18. The first kappa shape index (κ1) is 24.0. The van der Waals surface area contributed by atoms with Gasteiger partial charge in [0.05, 0.1) is 22.8 Å². The molecule has 8 heteroatoms. The van der Waals surface area contributed by atoms with Crippen molar-refractivity contribution in [1.82, 2.24) is 14.7 Å². The monoisotopic (exact) mass is 477 g/mol. The Morgan fingerprint density at radius 2 is 1.85 bits per heavy atom. The number of carbonyl (C=O) groups excluding carboxylic acids is 2. The van der Waals surface area contributed by atoms with Gasteiger partial charge in [-0.2, -0.15) is 0 Å². The number of piperazine rings is 1. The Hall–Kier alpha value is -3.10. The van der Waals surface area contributed by atoms with Crippen LogP contribution in [0.4, 0.5) is 11.4 Å². The number of nitrogens with zero attached hydrogens (tertiary/aromatic N) is 4. The maximum atomic E-state index is 13.5. The summed E-state index contributed by atoms with van der Waals surface area (Å²) >= 11 is 1.40. The number of likely N-dealkylation sites (N-methyl/N-ethyl adjacent to an activating group) is 1. The number of hydrogen-bond donors (Lipinski definition) is 1. The minimum absolute atomic E-state index is 0.0172. The minimum atomic E-state index is -0.0424. The molecule has 0 radical (unpaired) electrons. The third-order valence-electron chi connectivity index (χ3n) is 5.90. The maximum absolute atomic E-state index is 13.5. The first-order chi connectivity index (χ1) is 16.4. The average Bonchev–Trinajstić information content (AvgIpc) is 3.11. The van der Waals surface area contributed by atoms with E-state index in [2.05, 4.69) is 22.2 Å². The number of hydrogen-bond acceptors (Lipinski definition) is 7. The standard InChI is InChI=1S/C26H31N5O2S/c1-4-27-22-11-10-21(19(2)32)16-23(22)28-26-31(17-20-8-6-5-7-9-20)25(33)24(34-26)18-30-14-12-29(3)13-15-30/h5-11,16,18,27H,4,12-15,17H2,1-3H3/b24-18-,28-26-. The molecule has 2 fully saturated rings. The van der Waals surface area contributed by atoms with Crippen LogP contribution in [0, 0.1) is 0 Å². The summed E-state index contributed by atoms with van der Waals surface area (Å²) in [5.41, 5.74) is 3.13. The van der Waals surface area contributed by atoms with Gasteiger partial charge < -0.3 is 15.1 Å². The van der Waals surface area contributed by atoms with Crippen molar-refractivity contribution in [3.8, 4) is 0 Å². The van der Waals surface area contributed by atoms with Crippen molar-refractivity contribution in [1.29, 1.82) is 0 Å². The van der Waals surface area contributed by atoms with Crippen LogP contribution in [0.25, 0.3) is 0 Å². The molecule has 7 nitrogen and oxygen atoms in total. The second-order valence-corrected chi connectivity index (χ2v) is 9.53. The molecule has 1 amide bonds. The molecule has 1 N–H and O–H groups in total. The second-order valence-electron chi connectivity index (χ2n) is 8.52. The molecule has 0 saturated carbocycles. The summed E-state index contributed by atoms with van der Waals surface area (Å²) in [6.45, 7) is 8.46. The lowest BCUT2D eigenvalue weighted by atomic mass is 10.1. The summed E-state index contributed by atoms with van der Waals surface area (Å²) in [7, 11) is 2.11. The number of nitrogens with one attached hydrogen (secondary N) is 1. The van der Waals surface area contributed by atoms with E-state index in [-0.39, 0.29) is 11.7 Å². The largest absolute Gasteiger partial charge is 0.384 e. The Morgan fingerprint density at radius 3 is 2.53 bits per heavy atom. The summed E-state index contributed by atoms with van der Waals surface area (Å²) in [5, 5.41) is 3.93. The van der Waals surface area contributed by atoms with E-state index < -0.39 is 0 Å². The van der Waals surface area contributed by atoms with E-state index >= 15 is 0 Å². The average molecular weight is 478 g/mol. The van der Waals surface area contributed by atoms with Crippen molar-refractivity contribution in [3.05, 3.63) is 70.8 Å². The fourth-order valence-corrected chi connectivity index (χ4v) is 4.89. The van der Waals surface area contributed by atoms with E-state index in [0.29, 0.717) is 27.9 Å². The molecule has 2 aliphatic heterocycles. The smallest absolute Gasteiger partial charge is 0.268 e. The molecule has 2 heterocycles. The van der Waals surface area contributed by atoms with Crippen molar-refractivity contribution in [2.24, 2.45) is 4.99 Å². The maximum Gasteiger partial charge on any atom is 0.268 e. The lowest BCUT2D eigenvalue weighted by molar-refractivity contribution is -0.122. The molecule has 4 rings (SSSR count). The van der Waals surface area contributed by atoms with E-state index in [1.54, 1.807) is 24.0 Å². The van der Waals surface area contributed by atoms with E-state index in [9.17, 15) is 9.59 Å². The predicted octanol–water partition coefficient (Wildman–Crippen LogP) is 4.17. The van der Waals surface area contributed by atoms with Crippen LogP contribution in [0.2, 0.25) is 0 Å². The molecule has 0 unspecified atom stereocenters. The van der Waals surface area contributed by atoms with Crippen molar-refractivity contribution >= 4 is 40.0 Å². The quantitative estimate of drug-likeness (QED) is 0.477. The predicted molar refractivity (Wildman–Crippen MR) is 139 cm³/mol. The molecule has 0 spiro atoms. The van der Waals surface area contributed by atoms with Crippen LogP contribution in [0.1, 0.15) is 29.8 Å². The van der Waals surface area contributed by atoms with Crippen LogP contribution in [0.3, 0.4) is 0 Å². The number of rotatable bonds is 7. The SMILES string of the molecule is CCNc1ccc(C(C)=O)cc1/N=C1\S/C(=C\N2CCN(C)CC2)C(=O)N1Cc1ccccc1. The number of carbonyl (C=O) groups is 2. The number of amides is 1. The summed E-state index contributed by atoms with van der Waals surface area (Å²) in [4.78, 5) is 37.3. The van der Waals surface area contributed by atoms with Crippen LogP contribution in [0.15, 0.2) is 64.6 Å².